The molecule has 0 spiro atoms. The van der Waals surface area contributed by atoms with Gasteiger partial charge in [0.15, 0.2) is 0 Å². The van der Waals surface area contributed by atoms with Crippen molar-refractivity contribution in [3.8, 4) is 0 Å². The number of hydrogen-bond donors (Lipinski definition) is 2. The van der Waals surface area contributed by atoms with Crippen molar-refractivity contribution < 1.29 is 19.5 Å². The SMILES string of the molecule is CCCCC(CC)C(=O)Nc1cc(N(CC)CC)ccc1C1=C(O)/C(=C2\C(=O)N(C(C)(C)C)N=C2C)C1=O. The Morgan fingerprint density at radius 3 is 2.24 bits per heavy atom. The monoisotopic (exact) mass is 522 g/mol. The minimum absolute atomic E-state index is 0.0162. The van der Waals surface area contributed by atoms with E-state index in [-0.39, 0.29) is 34.3 Å². The lowest BCUT2D eigenvalue weighted by molar-refractivity contribution is -0.130. The van der Waals surface area contributed by atoms with Crippen molar-refractivity contribution >= 4 is 40.3 Å². The van der Waals surface area contributed by atoms with Gasteiger partial charge in [0.1, 0.15) is 5.76 Å². The number of hydrazone groups is 1. The molecule has 8 heteroatoms. The Labute approximate surface area is 226 Å². The molecule has 0 aromatic heterocycles. The van der Waals surface area contributed by atoms with Crippen LogP contribution in [0.2, 0.25) is 0 Å². The fourth-order valence-electron chi connectivity index (χ4n) is 4.98. The number of hydrogen-bond acceptors (Lipinski definition) is 6. The second-order valence-corrected chi connectivity index (χ2v) is 10.9. The van der Waals surface area contributed by atoms with Gasteiger partial charge in [0.2, 0.25) is 11.7 Å². The highest BCUT2D eigenvalue weighted by atomic mass is 16.3. The van der Waals surface area contributed by atoms with E-state index in [0.717, 1.165) is 38.0 Å². The lowest BCUT2D eigenvalue weighted by Crippen LogP contribution is -2.40. The second-order valence-electron chi connectivity index (χ2n) is 10.9. The first-order chi connectivity index (χ1) is 17.9. The van der Waals surface area contributed by atoms with E-state index in [9.17, 15) is 19.5 Å². The molecule has 0 saturated heterocycles. The van der Waals surface area contributed by atoms with Crippen molar-refractivity contribution in [1.29, 1.82) is 0 Å². The average molecular weight is 523 g/mol. The summed E-state index contributed by atoms with van der Waals surface area (Å²) in [5, 5.41) is 19.9. The number of aliphatic hydroxyl groups is 1. The number of aliphatic hydroxyl groups excluding tert-OH is 1. The van der Waals surface area contributed by atoms with Crippen LogP contribution >= 0.6 is 0 Å². The summed E-state index contributed by atoms with van der Waals surface area (Å²) in [6, 6.07) is 5.51. The van der Waals surface area contributed by atoms with E-state index in [1.807, 2.05) is 39.8 Å². The van der Waals surface area contributed by atoms with Gasteiger partial charge in [-0.1, -0.05) is 26.7 Å². The fourth-order valence-corrected chi connectivity index (χ4v) is 4.98. The third kappa shape index (κ3) is 5.40. The zero-order valence-electron chi connectivity index (χ0n) is 24.1. The summed E-state index contributed by atoms with van der Waals surface area (Å²) in [7, 11) is 0. The highest BCUT2D eigenvalue weighted by Crippen LogP contribution is 2.43. The maximum absolute atomic E-state index is 13.5. The fraction of sp³-hybridized carbons (Fsp3) is 0.533. The Kier molecular flexibility index (Phi) is 8.85. The summed E-state index contributed by atoms with van der Waals surface area (Å²) in [6.07, 6.45) is 3.47. The second kappa shape index (κ2) is 11.5. The molecule has 0 fully saturated rings. The molecular weight excluding hydrogens is 480 g/mol. The first-order valence-electron chi connectivity index (χ1n) is 13.7. The van der Waals surface area contributed by atoms with E-state index in [1.54, 1.807) is 13.0 Å². The molecule has 3 rings (SSSR count). The number of benzene rings is 1. The number of Topliss-reactive ketones (excluding diaryl/α,β-unsaturated/α-hetero) is 1. The summed E-state index contributed by atoms with van der Waals surface area (Å²) in [6.45, 7) is 17.0. The molecule has 1 aliphatic heterocycles. The molecule has 1 aliphatic carbocycles. The minimum atomic E-state index is -0.569. The molecule has 2 N–H and O–H groups in total. The molecule has 1 aromatic rings. The predicted molar refractivity (Wildman–Crippen MR) is 153 cm³/mol. The van der Waals surface area contributed by atoms with Gasteiger partial charge < -0.3 is 15.3 Å². The number of ketones is 1. The number of carbonyl (C=O) groups excluding carboxylic acids is 3. The summed E-state index contributed by atoms with van der Waals surface area (Å²) in [5.41, 5.74) is 1.87. The van der Waals surface area contributed by atoms with Gasteiger partial charge in [0.25, 0.3) is 5.91 Å². The molecule has 0 bridgehead atoms. The molecule has 0 radical (unpaired) electrons. The normalized spacial score (nSPS) is 18.5. The first kappa shape index (κ1) is 29.1. The number of amides is 2. The van der Waals surface area contributed by atoms with Gasteiger partial charge in [-0.25, -0.2) is 5.01 Å². The van der Waals surface area contributed by atoms with Crippen molar-refractivity contribution in [2.24, 2.45) is 11.0 Å². The number of anilines is 2. The number of allylic oxidation sites excluding steroid dienone is 2. The van der Waals surface area contributed by atoms with Crippen molar-refractivity contribution in [3.05, 3.63) is 40.7 Å². The Hall–Kier alpha value is -3.42. The van der Waals surface area contributed by atoms with Crippen LogP contribution in [0.5, 0.6) is 0 Å². The number of rotatable bonds is 10. The molecule has 1 unspecified atom stereocenters. The molecule has 206 valence electrons. The van der Waals surface area contributed by atoms with Crippen molar-refractivity contribution in [2.75, 3.05) is 23.3 Å². The summed E-state index contributed by atoms with van der Waals surface area (Å²) >= 11 is 0. The number of unbranched alkanes of at least 4 members (excludes halogenated alkanes) is 1. The molecule has 2 amide bonds. The molecule has 0 saturated carbocycles. The largest absolute Gasteiger partial charge is 0.506 e. The molecule has 1 atom stereocenters. The Balaban J connectivity index is 2.09. The van der Waals surface area contributed by atoms with Crippen LogP contribution in [0.25, 0.3) is 5.57 Å². The maximum atomic E-state index is 13.5. The Morgan fingerprint density at radius 1 is 1.08 bits per heavy atom. The predicted octanol–water partition coefficient (Wildman–Crippen LogP) is 5.85. The van der Waals surface area contributed by atoms with Crippen LogP contribution in [0.15, 0.2) is 40.2 Å². The summed E-state index contributed by atoms with van der Waals surface area (Å²) in [5.74, 6) is -1.32. The Bertz CT molecular complexity index is 1220. The van der Waals surface area contributed by atoms with Crippen LogP contribution in [0.3, 0.4) is 0 Å². The van der Waals surface area contributed by atoms with Crippen LogP contribution in [0.4, 0.5) is 11.4 Å². The van der Waals surface area contributed by atoms with E-state index in [0.29, 0.717) is 23.4 Å². The zero-order chi connectivity index (χ0) is 28.4. The molecule has 1 aromatic carbocycles. The first-order valence-corrected chi connectivity index (χ1v) is 13.7. The third-order valence-electron chi connectivity index (χ3n) is 7.26. The van der Waals surface area contributed by atoms with Gasteiger partial charge in [-0.15, -0.1) is 0 Å². The van der Waals surface area contributed by atoms with Crippen molar-refractivity contribution in [1.82, 2.24) is 5.01 Å². The molecule has 38 heavy (non-hydrogen) atoms. The van der Waals surface area contributed by atoms with Gasteiger partial charge in [0.05, 0.1) is 33.7 Å². The van der Waals surface area contributed by atoms with Crippen LogP contribution in [-0.2, 0) is 14.4 Å². The van der Waals surface area contributed by atoms with E-state index in [2.05, 4.69) is 36.1 Å². The molecule has 1 heterocycles. The lowest BCUT2D eigenvalue weighted by Gasteiger charge is -2.29. The van der Waals surface area contributed by atoms with Crippen LogP contribution < -0.4 is 10.2 Å². The van der Waals surface area contributed by atoms with Gasteiger partial charge >= 0.3 is 0 Å². The van der Waals surface area contributed by atoms with Crippen LogP contribution in [0.1, 0.15) is 86.6 Å². The smallest absolute Gasteiger partial charge is 0.277 e. The average Bonchev–Trinajstić information content (AvgIpc) is 3.16. The van der Waals surface area contributed by atoms with E-state index in [4.69, 9.17) is 0 Å². The number of nitrogens with one attached hydrogen (secondary N) is 1. The number of carbonyl (C=O) groups is 3. The maximum Gasteiger partial charge on any atom is 0.277 e. The highest BCUT2D eigenvalue weighted by Gasteiger charge is 2.45. The van der Waals surface area contributed by atoms with Gasteiger partial charge in [-0.2, -0.15) is 5.10 Å². The third-order valence-corrected chi connectivity index (χ3v) is 7.26. The summed E-state index contributed by atoms with van der Waals surface area (Å²) < 4.78 is 0. The van der Waals surface area contributed by atoms with Gasteiger partial charge in [-0.05, 0) is 72.6 Å². The van der Waals surface area contributed by atoms with Gasteiger partial charge in [0, 0.05) is 30.3 Å². The Morgan fingerprint density at radius 2 is 1.74 bits per heavy atom. The van der Waals surface area contributed by atoms with E-state index in [1.165, 1.54) is 5.01 Å². The lowest BCUT2D eigenvalue weighted by atomic mass is 9.79. The van der Waals surface area contributed by atoms with Gasteiger partial charge in [-0.3, -0.25) is 14.4 Å². The van der Waals surface area contributed by atoms with Crippen molar-refractivity contribution in [2.45, 2.75) is 86.6 Å². The molecular formula is C30H42N4O4. The number of nitrogens with zero attached hydrogens (tertiary/aromatic N) is 3. The minimum Gasteiger partial charge on any atom is -0.506 e. The molecule has 2 aliphatic rings. The highest BCUT2D eigenvalue weighted by molar-refractivity contribution is 6.44. The summed E-state index contributed by atoms with van der Waals surface area (Å²) in [4.78, 5) is 42.0. The van der Waals surface area contributed by atoms with Crippen LogP contribution in [-0.4, -0.2) is 52.1 Å². The topological polar surface area (TPSA) is 102 Å². The zero-order valence-corrected chi connectivity index (χ0v) is 24.1. The molecule has 8 nitrogen and oxygen atoms in total. The van der Waals surface area contributed by atoms with E-state index >= 15 is 0 Å². The quantitative estimate of drug-likeness (QED) is 0.375. The van der Waals surface area contributed by atoms with Crippen LogP contribution in [0, 0.1) is 5.92 Å². The van der Waals surface area contributed by atoms with Crippen molar-refractivity contribution in [3.63, 3.8) is 0 Å². The standard InChI is InChI=1S/C30H42N4O4/c1-9-13-14-19(10-2)28(37)31-22-17-20(33(11-3)12-4)15-16-21(22)24-26(35)25(27(24)36)23-18(5)32-34(29(23)38)30(6,7)8/h15-17,19,35H,9-14H2,1-8H3,(H,31,37)/b25-23+. The van der Waals surface area contributed by atoms with E-state index < -0.39 is 17.2 Å².